The summed E-state index contributed by atoms with van der Waals surface area (Å²) in [4.78, 5) is 1.10. The van der Waals surface area contributed by atoms with Crippen molar-refractivity contribution in [1.29, 1.82) is 5.26 Å². The molecular weight excluding hydrogens is 170 g/mol. The summed E-state index contributed by atoms with van der Waals surface area (Å²) in [5.74, 6) is 0.168. The monoisotopic (exact) mass is 179 g/mol. The van der Waals surface area contributed by atoms with Crippen LogP contribution in [0.1, 0.15) is 11.3 Å². The molecule has 2 rings (SSSR count). The molecular formula is C9H9NOS. The minimum absolute atomic E-state index is 0.130. The first-order valence-electron chi connectivity index (χ1n) is 3.89. The van der Waals surface area contributed by atoms with Gasteiger partial charge in [-0.2, -0.15) is 5.26 Å². The molecule has 12 heavy (non-hydrogen) atoms. The highest BCUT2D eigenvalue weighted by atomic mass is 32.1. The molecule has 1 aliphatic rings. The Labute approximate surface area is 75.1 Å². The lowest BCUT2D eigenvalue weighted by atomic mass is 10.0. The second-order valence-electron chi connectivity index (χ2n) is 3.14. The van der Waals surface area contributed by atoms with Gasteiger partial charge >= 0.3 is 0 Å². The third-order valence-corrected chi connectivity index (χ3v) is 3.53. The minimum Gasteiger partial charge on any atom is -0.396 e. The Kier molecular flexibility index (Phi) is 1.67. The topological polar surface area (TPSA) is 44.0 Å². The molecule has 1 saturated carbocycles. The number of nitriles is 1. The first kappa shape index (κ1) is 7.78. The molecule has 3 heteroatoms. The number of hydrogen-bond acceptors (Lipinski definition) is 3. The van der Waals surface area contributed by atoms with Gasteiger partial charge in [0, 0.05) is 17.4 Å². The molecule has 0 unspecified atom stereocenters. The van der Waals surface area contributed by atoms with E-state index < -0.39 is 0 Å². The number of thiophene rings is 1. The van der Waals surface area contributed by atoms with Gasteiger partial charge in [-0.1, -0.05) is 6.07 Å². The molecule has 0 amide bonds. The van der Waals surface area contributed by atoms with Gasteiger partial charge < -0.3 is 5.11 Å². The maximum absolute atomic E-state index is 8.98. The van der Waals surface area contributed by atoms with E-state index in [1.807, 2.05) is 17.5 Å². The smallest absolute Gasteiger partial charge is 0.0969 e. The van der Waals surface area contributed by atoms with Crippen LogP contribution in [0.4, 0.5) is 0 Å². The zero-order valence-electron chi connectivity index (χ0n) is 6.53. The fourth-order valence-corrected chi connectivity index (χ4v) is 2.54. The summed E-state index contributed by atoms with van der Waals surface area (Å²) in [6, 6.07) is 6.23. The molecule has 1 fully saturated rings. The summed E-state index contributed by atoms with van der Waals surface area (Å²) in [6.07, 6.45) is 0.820. The van der Waals surface area contributed by atoms with Crippen LogP contribution in [0.5, 0.6) is 0 Å². The van der Waals surface area contributed by atoms with Crippen molar-refractivity contribution < 1.29 is 5.11 Å². The molecule has 1 aliphatic carbocycles. The highest BCUT2D eigenvalue weighted by Crippen LogP contribution is 2.54. The average molecular weight is 179 g/mol. The predicted octanol–water partition coefficient (Wildman–Crippen LogP) is 1.52. The fourth-order valence-electron chi connectivity index (χ4n) is 1.58. The van der Waals surface area contributed by atoms with E-state index in [9.17, 15) is 0 Å². The Hall–Kier alpha value is -0.850. The molecule has 2 atom stereocenters. The lowest BCUT2D eigenvalue weighted by molar-refractivity contribution is 0.269. The SMILES string of the molecule is N#C[C@@]1(c2cccs2)C[C@@H]1CO. The molecule has 0 radical (unpaired) electrons. The molecule has 1 aromatic rings. The zero-order valence-corrected chi connectivity index (χ0v) is 7.34. The third kappa shape index (κ3) is 0.889. The van der Waals surface area contributed by atoms with Crippen LogP contribution in [-0.2, 0) is 5.41 Å². The Morgan fingerprint density at radius 2 is 2.67 bits per heavy atom. The Morgan fingerprint density at radius 3 is 3.08 bits per heavy atom. The Morgan fingerprint density at radius 1 is 1.83 bits per heavy atom. The maximum atomic E-state index is 8.98. The van der Waals surface area contributed by atoms with Crippen molar-refractivity contribution in [3.05, 3.63) is 22.4 Å². The normalized spacial score (nSPS) is 32.8. The van der Waals surface area contributed by atoms with Gasteiger partial charge in [-0.25, -0.2) is 0 Å². The first-order chi connectivity index (χ1) is 5.83. The van der Waals surface area contributed by atoms with Crippen molar-refractivity contribution in [2.45, 2.75) is 11.8 Å². The Bertz CT molecular complexity index is 314. The zero-order chi connectivity index (χ0) is 8.60. The van der Waals surface area contributed by atoms with E-state index in [1.54, 1.807) is 11.3 Å². The van der Waals surface area contributed by atoms with Gasteiger partial charge in [0.25, 0.3) is 0 Å². The summed E-state index contributed by atoms with van der Waals surface area (Å²) in [6.45, 7) is 0.130. The van der Waals surface area contributed by atoms with Gasteiger partial charge in [0.1, 0.15) is 0 Å². The standard InChI is InChI=1S/C9H9NOS/c10-6-9(4-7(9)5-11)8-2-1-3-12-8/h1-3,7,11H,4-5H2/t7-,9+/m1/s1. The van der Waals surface area contributed by atoms with Crippen LogP contribution in [0.25, 0.3) is 0 Å². The molecule has 0 spiro atoms. The first-order valence-corrected chi connectivity index (χ1v) is 4.77. The van der Waals surface area contributed by atoms with Gasteiger partial charge in [-0.05, 0) is 17.9 Å². The quantitative estimate of drug-likeness (QED) is 0.748. The van der Waals surface area contributed by atoms with E-state index in [1.165, 1.54) is 0 Å². The van der Waals surface area contributed by atoms with Crippen LogP contribution >= 0.6 is 11.3 Å². The van der Waals surface area contributed by atoms with Gasteiger partial charge in [-0.15, -0.1) is 11.3 Å². The van der Waals surface area contributed by atoms with Gasteiger partial charge in [0.15, 0.2) is 0 Å². The molecule has 0 aliphatic heterocycles. The van der Waals surface area contributed by atoms with Crippen molar-refractivity contribution in [1.82, 2.24) is 0 Å². The van der Waals surface area contributed by atoms with Crippen LogP contribution in [0.15, 0.2) is 17.5 Å². The lowest BCUT2D eigenvalue weighted by Gasteiger charge is -2.02. The van der Waals surface area contributed by atoms with Crippen molar-refractivity contribution >= 4 is 11.3 Å². The van der Waals surface area contributed by atoms with Crippen LogP contribution in [-0.4, -0.2) is 11.7 Å². The van der Waals surface area contributed by atoms with Crippen LogP contribution in [0, 0.1) is 17.2 Å². The second kappa shape index (κ2) is 2.58. The van der Waals surface area contributed by atoms with E-state index >= 15 is 0 Å². The number of nitrogens with zero attached hydrogens (tertiary/aromatic N) is 1. The number of aliphatic hydroxyl groups is 1. The number of rotatable bonds is 2. The largest absolute Gasteiger partial charge is 0.396 e. The molecule has 0 bridgehead atoms. The van der Waals surface area contributed by atoms with Gasteiger partial charge in [0.2, 0.25) is 0 Å². The third-order valence-electron chi connectivity index (χ3n) is 2.49. The summed E-state index contributed by atoms with van der Waals surface area (Å²) in [5.41, 5.74) is -0.344. The van der Waals surface area contributed by atoms with Gasteiger partial charge in [0.05, 0.1) is 11.5 Å². The van der Waals surface area contributed by atoms with E-state index in [2.05, 4.69) is 6.07 Å². The molecule has 1 heterocycles. The van der Waals surface area contributed by atoms with Crippen molar-refractivity contribution in [2.75, 3.05) is 6.61 Å². The van der Waals surface area contributed by atoms with Crippen LogP contribution in [0.3, 0.4) is 0 Å². The van der Waals surface area contributed by atoms with E-state index in [-0.39, 0.29) is 17.9 Å². The fraction of sp³-hybridized carbons (Fsp3) is 0.444. The molecule has 0 saturated heterocycles. The van der Waals surface area contributed by atoms with E-state index in [0.29, 0.717) is 0 Å². The highest BCUT2D eigenvalue weighted by Gasteiger charge is 2.56. The molecule has 2 nitrogen and oxygen atoms in total. The van der Waals surface area contributed by atoms with Gasteiger partial charge in [-0.3, -0.25) is 0 Å². The van der Waals surface area contributed by atoms with E-state index in [4.69, 9.17) is 10.4 Å². The molecule has 62 valence electrons. The summed E-state index contributed by atoms with van der Waals surface area (Å²) < 4.78 is 0. The molecule has 1 aromatic heterocycles. The molecule has 1 N–H and O–H groups in total. The predicted molar refractivity (Wildman–Crippen MR) is 46.8 cm³/mol. The average Bonchev–Trinajstić information content (AvgIpc) is 2.57. The highest BCUT2D eigenvalue weighted by molar-refractivity contribution is 7.10. The summed E-state index contributed by atoms with van der Waals surface area (Å²) >= 11 is 1.60. The van der Waals surface area contributed by atoms with Crippen molar-refractivity contribution in [3.8, 4) is 6.07 Å². The Balaban J connectivity index is 2.29. The van der Waals surface area contributed by atoms with Crippen molar-refractivity contribution in [3.63, 3.8) is 0 Å². The van der Waals surface area contributed by atoms with Crippen LogP contribution < -0.4 is 0 Å². The van der Waals surface area contributed by atoms with E-state index in [0.717, 1.165) is 11.3 Å². The summed E-state index contributed by atoms with van der Waals surface area (Å²) in [7, 11) is 0. The summed E-state index contributed by atoms with van der Waals surface area (Å²) in [5, 5.41) is 19.9. The number of hydrogen-bond donors (Lipinski definition) is 1. The minimum atomic E-state index is -0.344. The lowest BCUT2D eigenvalue weighted by Crippen LogP contribution is -2.06. The second-order valence-corrected chi connectivity index (χ2v) is 4.09. The maximum Gasteiger partial charge on any atom is 0.0969 e. The number of aliphatic hydroxyl groups excluding tert-OH is 1. The van der Waals surface area contributed by atoms with Crippen molar-refractivity contribution in [2.24, 2.45) is 5.92 Å². The molecule has 0 aromatic carbocycles. The van der Waals surface area contributed by atoms with Crippen LogP contribution in [0.2, 0.25) is 0 Å².